The molecule has 0 atom stereocenters. The lowest BCUT2D eigenvalue weighted by Crippen LogP contribution is -2.21. The predicted molar refractivity (Wildman–Crippen MR) is 90.7 cm³/mol. The van der Waals surface area contributed by atoms with E-state index >= 15 is 0 Å². The summed E-state index contributed by atoms with van der Waals surface area (Å²) in [5.41, 5.74) is 2.54. The second kappa shape index (κ2) is 5.24. The van der Waals surface area contributed by atoms with Crippen LogP contribution in [0.4, 0.5) is 0 Å². The predicted octanol–water partition coefficient (Wildman–Crippen LogP) is 4.11. The first-order valence-corrected chi connectivity index (χ1v) is 7.89. The first-order valence-electron chi connectivity index (χ1n) is 6.95. The van der Waals surface area contributed by atoms with Crippen LogP contribution in [0.5, 0.6) is 0 Å². The van der Waals surface area contributed by atoms with Crippen LogP contribution in [0.3, 0.4) is 0 Å². The van der Waals surface area contributed by atoms with Crippen molar-refractivity contribution in [2.45, 2.75) is 0 Å². The Hall–Kier alpha value is -2.72. The van der Waals surface area contributed by atoms with Gasteiger partial charge in [0.05, 0.1) is 11.1 Å². The van der Waals surface area contributed by atoms with Crippen molar-refractivity contribution >= 4 is 22.1 Å². The topological polar surface area (TPSA) is 34.9 Å². The lowest BCUT2D eigenvalue weighted by Gasteiger charge is -2.09. The zero-order chi connectivity index (χ0) is 14.9. The van der Waals surface area contributed by atoms with Crippen LogP contribution in [-0.4, -0.2) is 9.78 Å². The molecule has 0 spiro atoms. The molecular formula is C18H12N2OS. The lowest BCUT2D eigenvalue weighted by atomic mass is 10.1. The molecule has 0 aliphatic rings. The molecule has 106 valence electrons. The van der Waals surface area contributed by atoms with Crippen molar-refractivity contribution in [1.29, 1.82) is 0 Å². The summed E-state index contributed by atoms with van der Waals surface area (Å²) in [4.78, 5) is 12.7. The van der Waals surface area contributed by atoms with Crippen LogP contribution >= 0.6 is 11.3 Å². The van der Waals surface area contributed by atoms with E-state index in [-0.39, 0.29) is 5.56 Å². The molecule has 3 nitrogen and oxygen atoms in total. The molecule has 0 unspecified atom stereocenters. The van der Waals surface area contributed by atoms with E-state index in [1.54, 1.807) is 0 Å². The molecule has 2 aromatic heterocycles. The Bertz CT molecular complexity index is 988. The number of para-hydroxylation sites is 1. The molecule has 4 rings (SSSR count). The molecule has 0 saturated heterocycles. The van der Waals surface area contributed by atoms with Gasteiger partial charge in [-0.05, 0) is 12.1 Å². The van der Waals surface area contributed by atoms with Gasteiger partial charge in [-0.25, -0.2) is 0 Å². The average Bonchev–Trinajstić information content (AvgIpc) is 3.07. The second-order valence-electron chi connectivity index (χ2n) is 4.97. The van der Waals surface area contributed by atoms with Crippen LogP contribution in [-0.2, 0) is 0 Å². The summed E-state index contributed by atoms with van der Waals surface area (Å²) in [5.74, 6) is 0. The van der Waals surface area contributed by atoms with Gasteiger partial charge in [-0.1, -0.05) is 48.5 Å². The number of thiophene rings is 1. The van der Waals surface area contributed by atoms with Crippen molar-refractivity contribution in [3.63, 3.8) is 0 Å². The Kier molecular flexibility index (Phi) is 3.09. The quantitative estimate of drug-likeness (QED) is 0.558. The van der Waals surface area contributed by atoms with Crippen molar-refractivity contribution in [2.24, 2.45) is 0 Å². The third kappa shape index (κ3) is 2.05. The van der Waals surface area contributed by atoms with Crippen molar-refractivity contribution in [3.05, 3.63) is 81.8 Å². The normalized spacial score (nSPS) is 10.9. The van der Waals surface area contributed by atoms with Gasteiger partial charge in [0.1, 0.15) is 5.69 Å². The minimum absolute atomic E-state index is 0.0814. The molecule has 0 fully saturated rings. The third-order valence-corrected chi connectivity index (χ3v) is 4.33. The fourth-order valence-electron chi connectivity index (χ4n) is 2.51. The highest BCUT2D eigenvalue weighted by Gasteiger charge is 2.13. The van der Waals surface area contributed by atoms with Gasteiger partial charge in [-0.15, -0.1) is 0 Å². The summed E-state index contributed by atoms with van der Waals surface area (Å²) in [6, 6.07) is 19.5. The van der Waals surface area contributed by atoms with Crippen molar-refractivity contribution in [1.82, 2.24) is 9.78 Å². The molecule has 0 radical (unpaired) electrons. The zero-order valence-corrected chi connectivity index (χ0v) is 12.5. The van der Waals surface area contributed by atoms with E-state index in [1.165, 1.54) is 16.0 Å². The van der Waals surface area contributed by atoms with Crippen molar-refractivity contribution in [3.8, 4) is 16.9 Å². The Morgan fingerprint density at radius 3 is 2.18 bits per heavy atom. The van der Waals surface area contributed by atoms with Crippen LogP contribution in [0.2, 0.25) is 0 Å². The highest BCUT2D eigenvalue weighted by Crippen LogP contribution is 2.27. The number of hydrogen-bond acceptors (Lipinski definition) is 3. The summed E-state index contributed by atoms with van der Waals surface area (Å²) in [6.45, 7) is 0. The van der Waals surface area contributed by atoms with Crippen LogP contribution in [0.25, 0.3) is 27.7 Å². The second-order valence-corrected chi connectivity index (χ2v) is 5.71. The summed E-state index contributed by atoms with van der Waals surface area (Å²) >= 11 is 1.53. The summed E-state index contributed by atoms with van der Waals surface area (Å²) in [7, 11) is 0. The van der Waals surface area contributed by atoms with E-state index in [4.69, 9.17) is 0 Å². The van der Waals surface area contributed by atoms with Crippen molar-refractivity contribution < 1.29 is 0 Å². The van der Waals surface area contributed by atoms with Gasteiger partial charge in [-0.2, -0.15) is 21.1 Å². The maximum atomic E-state index is 12.7. The van der Waals surface area contributed by atoms with Crippen LogP contribution in [0.1, 0.15) is 0 Å². The first-order chi connectivity index (χ1) is 10.8. The van der Waals surface area contributed by atoms with E-state index in [0.29, 0.717) is 5.39 Å². The molecule has 2 heterocycles. The molecule has 0 saturated carbocycles. The fourth-order valence-corrected chi connectivity index (χ4v) is 3.32. The zero-order valence-electron chi connectivity index (χ0n) is 11.6. The number of fused-ring (bicyclic) bond motifs is 1. The smallest absolute Gasteiger partial charge is 0.267 e. The van der Waals surface area contributed by atoms with Gasteiger partial charge >= 0.3 is 0 Å². The number of nitrogens with zero attached hydrogens (tertiary/aromatic N) is 2. The van der Waals surface area contributed by atoms with Gasteiger partial charge in [0.15, 0.2) is 0 Å². The summed E-state index contributed by atoms with van der Waals surface area (Å²) < 4.78 is 1.48. The Balaban J connectivity index is 2.08. The van der Waals surface area contributed by atoms with Crippen LogP contribution < -0.4 is 5.56 Å². The number of hydrogen-bond donors (Lipinski definition) is 0. The summed E-state index contributed by atoms with van der Waals surface area (Å²) in [5, 5.41) is 10.1. The van der Waals surface area contributed by atoms with Gasteiger partial charge in [0.25, 0.3) is 5.56 Å². The maximum Gasteiger partial charge on any atom is 0.280 e. The van der Waals surface area contributed by atoms with Gasteiger partial charge < -0.3 is 0 Å². The molecule has 0 N–H and O–H groups in total. The Morgan fingerprint density at radius 2 is 1.45 bits per heavy atom. The van der Waals surface area contributed by atoms with Gasteiger partial charge in [0, 0.05) is 21.7 Å². The maximum absolute atomic E-state index is 12.7. The fraction of sp³-hybridized carbons (Fsp3) is 0. The van der Waals surface area contributed by atoms with Crippen LogP contribution in [0.15, 0.2) is 76.2 Å². The number of benzene rings is 2. The lowest BCUT2D eigenvalue weighted by molar-refractivity contribution is 0.827. The van der Waals surface area contributed by atoms with E-state index in [9.17, 15) is 4.79 Å². The summed E-state index contributed by atoms with van der Waals surface area (Å²) in [6.07, 6.45) is 0. The minimum Gasteiger partial charge on any atom is -0.267 e. The van der Waals surface area contributed by atoms with E-state index in [2.05, 4.69) is 5.10 Å². The highest BCUT2D eigenvalue weighted by molar-refractivity contribution is 7.09. The molecule has 0 bridgehead atoms. The monoisotopic (exact) mass is 304 g/mol. The van der Waals surface area contributed by atoms with Crippen molar-refractivity contribution in [2.75, 3.05) is 0 Å². The van der Waals surface area contributed by atoms with Gasteiger partial charge in [-0.3, -0.25) is 4.79 Å². The number of rotatable bonds is 2. The molecule has 2 aromatic carbocycles. The SMILES string of the molecule is O=c1c2cscc2c(-c2ccccc2)nn1-c1ccccc1. The minimum atomic E-state index is -0.0814. The van der Waals surface area contributed by atoms with E-state index in [1.807, 2.05) is 71.4 Å². The Labute approximate surface area is 131 Å². The standard InChI is InChI=1S/C18H12N2OS/c21-18-16-12-22-11-15(16)17(13-7-3-1-4-8-13)19-20(18)14-9-5-2-6-10-14/h1-12H. The average molecular weight is 304 g/mol. The first kappa shape index (κ1) is 13.0. The number of aromatic nitrogens is 2. The highest BCUT2D eigenvalue weighted by atomic mass is 32.1. The van der Waals surface area contributed by atoms with Crippen LogP contribution in [0, 0.1) is 0 Å². The molecule has 22 heavy (non-hydrogen) atoms. The molecule has 4 heteroatoms. The third-order valence-electron chi connectivity index (χ3n) is 3.59. The van der Waals surface area contributed by atoms with Gasteiger partial charge in [0.2, 0.25) is 0 Å². The van der Waals surface area contributed by atoms with E-state index in [0.717, 1.165) is 22.3 Å². The Morgan fingerprint density at radius 1 is 0.818 bits per heavy atom. The molecule has 0 amide bonds. The molecule has 4 aromatic rings. The van der Waals surface area contributed by atoms with E-state index < -0.39 is 0 Å². The molecular weight excluding hydrogens is 292 g/mol. The molecule has 0 aliphatic carbocycles. The molecule has 0 aliphatic heterocycles. The largest absolute Gasteiger partial charge is 0.280 e.